The number of halogens is 1. The molecule has 0 bridgehead atoms. The predicted molar refractivity (Wildman–Crippen MR) is 83.2 cm³/mol. The van der Waals surface area contributed by atoms with E-state index in [1.807, 2.05) is 0 Å². The number of rotatable bonds is 7. The molecule has 0 saturated carbocycles. The first-order valence-electron chi connectivity index (χ1n) is 7.06. The van der Waals surface area contributed by atoms with Gasteiger partial charge in [-0.05, 0) is 17.7 Å². The molecule has 130 valence electrons. The smallest absolute Gasteiger partial charge is 0.215 e. The molecule has 7 nitrogen and oxygen atoms in total. The van der Waals surface area contributed by atoms with Gasteiger partial charge in [-0.3, -0.25) is 0 Å². The molecule has 1 heterocycles. The van der Waals surface area contributed by atoms with Crippen LogP contribution < -0.4 is 4.72 Å². The highest BCUT2D eigenvalue weighted by atomic mass is 32.2. The number of hydrogen-bond acceptors (Lipinski definition) is 5. The Morgan fingerprint density at radius 2 is 1.70 bits per heavy atom. The molecule has 1 N–H and O–H groups in total. The molecule has 1 aliphatic rings. The van der Waals surface area contributed by atoms with Crippen molar-refractivity contribution >= 4 is 20.0 Å². The van der Waals surface area contributed by atoms with E-state index in [9.17, 15) is 21.2 Å². The van der Waals surface area contributed by atoms with Crippen molar-refractivity contribution in [2.75, 3.05) is 38.6 Å². The highest BCUT2D eigenvalue weighted by Gasteiger charge is 2.24. The third kappa shape index (κ3) is 5.81. The molecule has 2 rings (SSSR count). The van der Waals surface area contributed by atoms with Gasteiger partial charge >= 0.3 is 0 Å². The Morgan fingerprint density at radius 1 is 1.09 bits per heavy atom. The highest BCUT2D eigenvalue weighted by molar-refractivity contribution is 7.89. The van der Waals surface area contributed by atoms with E-state index in [0.29, 0.717) is 18.8 Å². The van der Waals surface area contributed by atoms with E-state index in [-0.39, 0.29) is 31.1 Å². The summed E-state index contributed by atoms with van der Waals surface area (Å²) in [6.07, 6.45) is 0. The first-order chi connectivity index (χ1) is 10.8. The zero-order chi connectivity index (χ0) is 16.9. The minimum atomic E-state index is -3.68. The van der Waals surface area contributed by atoms with E-state index in [2.05, 4.69) is 4.72 Å². The van der Waals surface area contributed by atoms with E-state index >= 15 is 0 Å². The number of sulfonamides is 2. The molecular formula is C13H19FN2O5S2. The maximum Gasteiger partial charge on any atom is 0.215 e. The standard InChI is InChI=1S/C13H19FN2O5S2/c14-13-3-1-12(2-4-13)11-22(17,18)15-5-10-23(19,20)16-6-8-21-9-7-16/h1-4,15H,5-11H2. The summed E-state index contributed by atoms with van der Waals surface area (Å²) in [5.74, 6) is -1.09. The zero-order valence-electron chi connectivity index (χ0n) is 12.4. The fraction of sp³-hybridized carbons (Fsp3) is 0.538. The van der Waals surface area contributed by atoms with Crippen LogP contribution in [0.25, 0.3) is 0 Å². The largest absolute Gasteiger partial charge is 0.379 e. The quantitative estimate of drug-likeness (QED) is 0.728. The maximum absolute atomic E-state index is 12.8. The fourth-order valence-corrected chi connectivity index (χ4v) is 4.73. The molecule has 1 aliphatic heterocycles. The van der Waals surface area contributed by atoms with Gasteiger partial charge in [0, 0.05) is 19.6 Å². The lowest BCUT2D eigenvalue weighted by molar-refractivity contribution is 0.0730. The van der Waals surface area contributed by atoms with Gasteiger partial charge in [-0.2, -0.15) is 4.31 Å². The van der Waals surface area contributed by atoms with Gasteiger partial charge in [-0.1, -0.05) is 12.1 Å². The van der Waals surface area contributed by atoms with Gasteiger partial charge in [0.25, 0.3) is 0 Å². The Bertz CT molecular complexity index is 713. The number of ether oxygens (including phenoxy) is 1. The van der Waals surface area contributed by atoms with Crippen molar-refractivity contribution in [3.63, 3.8) is 0 Å². The Balaban J connectivity index is 1.85. The number of benzene rings is 1. The monoisotopic (exact) mass is 366 g/mol. The molecule has 1 saturated heterocycles. The summed E-state index contributed by atoms with van der Waals surface area (Å²) in [4.78, 5) is 0. The van der Waals surface area contributed by atoms with Gasteiger partial charge in [0.2, 0.25) is 20.0 Å². The molecule has 23 heavy (non-hydrogen) atoms. The minimum Gasteiger partial charge on any atom is -0.379 e. The maximum atomic E-state index is 12.8. The van der Waals surface area contributed by atoms with Crippen LogP contribution in [0.15, 0.2) is 24.3 Å². The van der Waals surface area contributed by atoms with E-state index in [1.165, 1.54) is 28.6 Å². The predicted octanol–water partition coefficient (Wildman–Crippen LogP) is -0.0929. The molecule has 10 heteroatoms. The lowest BCUT2D eigenvalue weighted by atomic mass is 10.2. The van der Waals surface area contributed by atoms with Crippen molar-refractivity contribution in [1.29, 1.82) is 0 Å². The zero-order valence-corrected chi connectivity index (χ0v) is 14.1. The molecule has 1 aromatic carbocycles. The highest BCUT2D eigenvalue weighted by Crippen LogP contribution is 2.08. The molecule has 0 radical (unpaired) electrons. The molecule has 0 atom stereocenters. The van der Waals surface area contributed by atoms with E-state index in [4.69, 9.17) is 4.74 Å². The van der Waals surface area contributed by atoms with Crippen LogP contribution in [0, 0.1) is 5.82 Å². The summed E-state index contributed by atoms with van der Waals surface area (Å²) < 4.78 is 69.4. The lowest BCUT2D eigenvalue weighted by Gasteiger charge is -2.26. The first-order valence-corrected chi connectivity index (χ1v) is 10.3. The second-order valence-corrected chi connectivity index (χ2v) is 9.00. The third-order valence-electron chi connectivity index (χ3n) is 3.32. The van der Waals surface area contributed by atoms with Gasteiger partial charge < -0.3 is 4.74 Å². The van der Waals surface area contributed by atoms with E-state index in [1.54, 1.807) is 0 Å². The number of nitrogens with zero attached hydrogens (tertiary/aromatic N) is 1. The molecule has 1 fully saturated rings. The van der Waals surface area contributed by atoms with Crippen LogP contribution in [0.3, 0.4) is 0 Å². The van der Waals surface area contributed by atoms with E-state index < -0.39 is 25.9 Å². The van der Waals surface area contributed by atoms with Gasteiger partial charge in [-0.25, -0.2) is 25.9 Å². The molecule has 0 amide bonds. The van der Waals surface area contributed by atoms with Gasteiger partial charge in [-0.15, -0.1) is 0 Å². The summed E-state index contributed by atoms with van der Waals surface area (Å²) in [6, 6.07) is 5.10. The second kappa shape index (κ2) is 7.67. The normalized spacial score (nSPS) is 17.3. The minimum absolute atomic E-state index is 0.205. The number of nitrogens with one attached hydrogen (secondary N) is 1. The van der Waals surface area contributed by atoms with Crippen molar-refractivity contribution in [3.05, 3.63) is 35.6 Å². The van der Waals surface area contributed by atoms with Gasteiger partial charge in [0.15, 0.2) is 0 Å². The van der Waals surface area contributed by atoms with Gasteiger partial charge in [0.05, 0.1) is 24.7 Å². The van der Waals surface area contributed by atoms with Gasteiger partial charge in [0.1, 0.15) is 5.82 Å². The molecule has 0 aromatic heterocycles. The topological polar surface area (TPSA) is 92.8 Å². The Morgan fingerprint density at radius 3 is 2.30 bits per heavy atom. The van der Waals surface area contributed by atoms with Crippen LogP contribution in [0.2, 0.25) is 0 Å². The van der Waals surface area contributed by atoms with Crippen molar-refractivity contribution in [1.82, 2.24) is 9.03 Å². The first kappa shape index (κ1) is 18.3. The number of hydrogen-bond donors (Lipinski definition) is 1. The van der Waals surface area contributed by atoms with Crippen LogP contribution in [0.1, 0.15) is 5.56 Å². The Hall–Kier alpha value is -1.07. The average molecular weight is 366 g/mol. The summed E-state index contributed by atoms with van der Waals surface area (Å²) in [6.45, 7) is 1.05. The van der Waals surface area contributed by atoms with Crippen LogP contribution in [0.5, 0.6) is 0 Å². The summed E-state index contributed by atoms with van der Waals surface area (Å²) >= 11 is 0. The second-order valence-electron chi connectivity index (χ2n) is 5.11. The van der Waals surface area contributed by atoms with Crippen molar-refractivity contribution in [3.8, 4) is 0 Å². The van der Waals surface area contributed by atoms with Crippen LogP contribution >= 0.6 is 0 Å². The van der Waals surface area contributed by atoms with Crippen molar-refractivity contribution in [2.24, 2.45) is 0 Å². The average Bonchev–Trinajstić information content (AvgIpc) is 2.50. The fourth-order valence-electron chi connectivity index (χ4n) is 2.13. The van der Waals surface area contributed by atoms with Crippen molar-refractivity contribution in [2.45, 2.75) is 5.75 Å². The third-order valence-corrected chi connectivity index (χ3v) is 6.54. The molecule has 1 aromatic rings. The Labute approximate surface area is 135 Å². The summed E-state index contributed by atoms with van der Waals surface area (Å²) in [7, 11) is -7.19. The van der Waals surface area contributed by atoms with E-state index in [0.717, 1.165) is 0 Å². The lowest BCUT2D eigenvalue weighted by Crippen LogP contribution is -2.43. The summed E-state index contributed by atoms with van der Waals surface area (Å²) in [5, 5.41) is 0. The number of morpholine rings is 1. The molecular weight excluding hydrogens is 347 g/mol. The summed E-state index contributed by atoms with van der Waals surface area (Å²) in [5.41, 5.74) is 0.426. The van der Waals surface area contributed by atoms with Crippen LogP contribution in [-0.2, 0) is 30.5 Å². The van der Waals surface area contributed by atoms with Crippen LogP contribution in [-0.4, -0.2) is 59.7 Å². The molecule has 0 unspecified atom stereocenters. The molecule has 0 aliphatic carbocycles. The molecule has 0 spiro atoms. The van der Waals surface area contributed by atoms with Crippen molar-refractivity contribution < 1.29 is 26.0 Å². The van der Waals surface area contributed by atoms with Crippen LogP contribution in [0.4, 0.5) is 4.39 Å². The Kier molecular flexibility index (Phi) is 6.09. The SMILES string of the molecule is O=S(=O)(Cc1ccc(F)cc1)NCCS(=O)(=O)N1CCOCC1.